The normalized spacial score (nSPS) is 10.9. The SMILES string of the molecule is Fc1ccc(CNc2nc3ccc(Cl)cc3[nH]2)c(F)c1. The van der Waals surface area contributed by atoms with Crippen molar-refractivity contribution in [3.63, 3.8) is 0 Å². The minimum atomic E-state index is -0.593. The number of hydrogen-bond donors (Lipinski definition) is 2. The number of fused-ring (bicyclic) bond motifs is 1. The van der Waals surface area contributed by atoms with Gasteiger partial charge in [-0.1, -0.05) is 17.7 Å². The standard InChI is InChI=1S/C14H10ClF2N3/c15-9-2-4-12-13(5-9)20-14(19-12)18-7-8-1-3-10(16)6-11(8)17/h1-6H,7H2,(H2,18,19,20). The van der Waals surface area contributed by atoms with Gasteiger partial charge in [-0.05, 0) is 24.3 Å². The highest BCUT2D eigenvalue weighted by atomic mass is 35.5. The summed E-state index contributed by atoms with van der Waals surface area (Å²) in [5, 5.41) is 3.57. The molecular formula is C14H10ClF2N3. The van der Waals surface area contributed by atoms with Gasteiger partial charge in [-0.15, -0.1) is 0 Å². The third-order valence-corrected chi connectivity index (χ3v) is 3.14. The third kappa shape index (κ3) is 2.58. The molecule has 0 atom stereocenters. The molecule has 2 N–H and O–H groups in total. The predicted molar refractivity (Wildman–Crippen MR) is 74.8 cm³/mol. The van der Waals surface area contributed by atoms with Crippen molar-refractivity contribution in [2.75, 3.05) is 5.32 Å². The lowest BCUT2D eigenvalue weighted by Gasteiger charge is -2.04. The van der Waals surface area contributed by atoms with Gasteiger partial charge < -0.3 is 10.3 Å². The van der Waals surface area contributed by atoms with E-state index in [0.29, 0.717) is 16.5 Å². The molecule has 3 aromatic rings. The van der Waals surface area contributed by atoms with Gasteiger partial charge in [0.15, 0.2) is 0 Å². The van der Waals surface area contributed by atoms with Crippen molar-refractivity contribution in [3.8, 4) is 0 Å². The van der Waals surface area contributed by atoms with Gasteiger partial charge in [-0.2, -0.15) is 0 Å². The number of nitrogens with zero attached hydrogens (tertiary/aromatic N) is 1. The van der Waals surface area contributed by atoms with E-state index in [1.54, 1.807) is 18.2 Å². The zero-order valence-corrected chi connectivity index (χ0v) is 11.0. The number of aromatic amines is 1. The average Bonchev–Trinajstić information content (AvgIpc) is 2.79. The quantitative estimate of drug-likeness (QED) is 0.763. The first-order valence-corrected chi connectivity index (χ1v) is 6.33. The van der Waals surface area contributed by atoms with Crippen LogP contribution in [0.2, 0.25) is 5.02 Å². The molecule has 0 fully saturated rings. The van der Waals surface area contributed by atoms with Gasteiger partial charge in [0.25, 0.3) is 0 Å². The Morgan fingerprint density at radius 3 is 2.80 bits per heavy atom. The maximum Gasteiger partial charge on any atom is 0.201 e. The Balaban J connectivity index is 1.79. The minimum Gasteiger partial charge on any atom is -0.352 e. The molecule has 0 bridgehead atoms. The number of benzene rings is 2. The lowest BCUT2D eigenvalue weighted by molar-refractivity contribution is 0.574. The molecule has 0 saturated heterocycles. The molecule has 1 aromatic heterocycles. The summed E-state index contributed by atoms with van der Waals surface area (Å²) in [7, 11) is 0. The lowest BCUT2D eigenvalue weighted by atomic mass is 10.2. The molecule has 0 aliphatic heterocycles. The maximum absolute atomic E-state index is 13.5. The Kier molecular flexibility index (Phi) is 3.28. The minimum absolute atomic E-state index is 0.208. The van der Waals surface area contributed by atoms with E-state index in [0.717, 1.165) is 17.1 Å². The van der Waals surface area contributed by atoms with Crippen LogP contribution in [0.1, 0.15) is 5.56 Å². The number of H-pyrrole nitrogens is 1. The van der Waals surface area contributed by atoms with Crippen LogP contribution in [0.15, 0.2) is 36.4 Å². The van der Waals surface area contributed by atoms with E-state index >= 15 is 0 Å². The van der Waals surface area contributed by atoms with E-state index in [4.69, 9.17) is 11.6 Å². The summed E-state index contributed by atoms with van der Waals surface area (Å²) < 4.78 is 26.3. The van der Waals surface area contributed by atoms with Crippen molar-refractivity contribution in [3.05, 3.63) is 58.6 Å². The van der Waals surface area contributed by atoms with Crippen molar-refractivity contribution in [1.29, 1.82) is 0 Å². The molecule has 3 rings (SSSR count). The van der Waals surface area contributed by atoms with E-state index in [-0.39, 0.29) is 6.54 Å². The lowest BCUT2D eigenvalue weighted by Crippen LogP contribution is -2.03. The fraction of sp³-hybridized carbons (Fsp3) is 0.0714. The second-order valence-corrected chi connectivity index (χ2v) is 4.77. The molecule has 0 aliphatic rings. The fourth-order valence-corrected chi connectivity index (χ4v) is 2.08. The number of halogens is 3. The first kappa shape index (κ1) is 12.9. The van der Waals surface area contributed by atoms with Gasteiger partial charge in [-0.3, -0.25) is 0 Å². The predicted octanol–water partition coefficient (Wildman–Crippen LogP) is 4.11. The Hall–Kier alpha value is -2.14. The smallest absolute Gasteiger partial charge is 0.201 e. The molecule has 3 nitrogen and oxygen atoms in total. The van der Waals surface area contributed by atoms with Crippen LogP contribution in [0.25, 0.3) is 11.0 Å². The van der Waals surface area contributed by atoms with Crippen LogP contribution in [-0.4, -0.2) is 9.97 Å². The van der Waals surface area contributed by atoms with Gasteiger partial charge in [0.05, 0.1) is 11.0 Å². The molecule has 0 radical (unpaired) electrons. The molecule has 1 heterocycles. The van der Waals surface area contributed by atoms with Crippen LogP contribution in [0.4, 0.5) is 14.7 Å². The van der Waals surface area contributed by atoms with Crippen LogP contribution in [0.5, 0.6) is 0 Å². The average molecular weight is 294 g/mol. The zero-order chi connectivity index (χ0) is 14.1. The molecule has 0 amide bonds. The summed E-state index contributed by atoms with van der Waals surface area (Å²) in [6, 6.07) is 8.77. The molecule has 0 saturated carbocycles. The molecule has 0 unspecified atom stereocenters. The highest BCUT2D eigenvalue weighted by molar-refractivity contribution is 6.31. The third-order valence-electron chi connectivity index (χ3n) is 2.91. The number of rotatable bonds is 3. The molecule has 0 aliphatic carbocycles. The summed E-state index contributed by atoms with van der Waals surface area (Å²) in [6.07, 6.45) is 0. The van der Waals surface area contributed by atoms with Crippen molar-refractivity contribution in [1.82, 2.24) is 9.97 Å². The first-order valence-electron chi connectivity index (χ1n) is 5.95. The summed E-state index contributed by atoms with van der Waals surface area (Å²) in [5.41, 5.74) is 1.92. The van der Waals surface area contributed by atoms with Gasteiger partial charge >= 0.3 is 0 Å². The summed E-state index contributed by atoms with van der Waals surface area (Å²) in [4.78, 5) is 7.33. The number of imidazole rings is 1. The van der Waals surface area contributed by atoms with Crippen molar-refractivity contribution in [2.24, 2.45) is 0 Å². The van der Waals surface area contributed by atoms with Crippen LogP contribution in [0.3, 0.4) is 0 Å². The molecule has 102 valence electrons. The largest absolute Gasteiger partial charge is 0.352 e. The van der Waals surface area contributed by atoms with Gasteiger partial charge in [0, 0.05) is 23.2 Å². The first-order chi connectivity index (χ1) is 9.61. The van der Waals surface area contributed by atoms with Gasteiger partial charge in [0.2, 0.25) is 5.95 Å². The molecule has 6 heteroatoms. The van der Waals surface area contributed by atoms with Crippen LogP contribution in [0, 0.1) is 11.6 Å². The van der Waals surface area contributed by atoms with E-state index in [1.807, 2.05) is 0 Å². The topological polar surface area (TPSA) is 40.7 Å². The highest BCUT2D eigenvalue weighted by Gasteiger charge is 2.06. The monoisotopic (exact) mass is 293 g/mol. The number of aromatic nitrogens is 2. The molecule has 2 aromatic carbocycles. The zero-order valence-electron chi connectivity index (χ0n) is 10.3. The summed E-state index contributed by atoms with van der Waals surface area (Å²) >= 11 is 5.88. The van der Waals surface area contributed by atoms with Crippen molar-refractivity contribution in [2.45, 2.75) is 6.54 Å². The summed E-state index contributed by atoms with van der Waals surface area (Å²) in [6.45, 7) is 0.208. The van der Waals surface area contributed by atoms with E-state index in [9.17, 15) is 8.78 Å². The highest BCUT2D eigenvalue weighted by Crippen LogP contribution is 2.19. The van der Waals surface area contributed by atoms with Gasteiger partial charge in [-0.25, -0.2) is 13.8 Å². The van der Waals surface area contributed by atoms with Gasteiger partial charge in [0.1, 0.15) is 11.6 Å². The number of nitrogens with one attached hydrogen (secondary N) is 2. The van der Waals surface area contributed by atoms with E-state index < -0.39 is 11.6 Å². The molecular weight excluding hydrogens is 284 g/mol. The van der Waals surface area contributed by atoms with E-state index in [2.05, 4.69) is 15.3 Å². The van der Waals surface area contributed by atoms with Crippen LogP contribution >= 0.6 is 11.6 Å². The van der Waals surface area contributed by atoms with Crippen LogP contribution in [-0.2, 0) is 6.54 Å². The number of anilines is 1. The fourth-order valence-electron chi connectivity index (χ4n) is 1.91. The second-order valence-electron chi connectivity index (χ2n) is 4.34. The number of hydrogen-bond acceptors (Lipinski definition) is 2. The Bertz CT molecular complexity index is 770. The maximum atomic E-state index is 13.5. The van der Waals surface area contributed by atoms with E-state index in [1.165, 1.54) is 12.1 Å². The Morgan fingerprint density at radius 2 is 2.00 bits per heavy atom. The Morgan fingerprint density at radius 1 is 1.15 bits per heavy atom. The molecule has 20 heavy (non-hydrogen) atoms. The Labute approximate surface area is 118 Å². The van der Waals surface area contributed by atoms with Crippen molar-refractivity contribution < 1.29 is 8.78 Å². The second kappa shape index (κ2) is 5.09. The molecule has 0 spiro atoms. The van der Waals surface area contributed by atoms with Crippen LogP contribution < -0.4 is 5.32 Å². The summed E-state index contributed by atoms with van der Waals surface area (Å²) in [5.74, 6) is -0.674. The van der Waals surface area contributed by atoms with Crippen molar-refractivity contribution >= 4 is 28.6 Å².